The highest BCUT2D eigenvalue weighted by atomic mass is 16.6. The molecule has 1 aromatic carbocycles. The van der Waals surface area contributed by atoms with Crippen LogP contribution < -0.4 is 25.7 Å². The summed E-state index contributed by atoms with van der Waals surface area (Å²) in [6.45, 7) is 11.8. The third-order valence-corrected chi connectivity index (χ3v) is 5.86. The Labute approximate surface area is 220 Å². The lowest BCUT2D eigenvalue weighted by Gasteiger charge is -2.19. The largest absolute Gasteiger partial charge is 0.492 e. The first kappa shape index (κ1) is 26.7. The molecular formula is C26H35N8O4+. The van der Waals surface area contributed by atoms with Gasteiger partial charge >= 0.3 is 6.09 Å². The number of aromatic amines is 1. The fraction of sp³-hybridized carbons (Fsp3) is 0.423. The van der Waals surface area contributed by atoms with E-state index in [2.05, 4.69) is 41.6 Å². The van der Waals surface area contributed by atoms with Crippen LogP contribution in [-0.4, -0.2) is 50.3 Å². The second kappa shape index (κ2) is 11.0. The molecule has 4 aromatic rings. The number of hydrogen-bond donors (Lipinski definition) is 4. The predicted molar refractivity (Wildman–Crippen MR) is 143 cm³/mol. The normalized spacial score (nSPS) is 11.6. The first-order valence-electron chi connectivity index (χ1n) is 12.6. The van der Waals surface area contributed by atoms with Gasteiger partial charge in [0.15, 0.2) is 28.2 Å². The van der Waals surface area contributed by atoms with E-state index in [0.29, 0.717) is 43.2 Å². The molecule has 0 radical (unpaired) electrons. The predicted octanol–water partition coefficient (Wildman–Crippen LogP) is 2.66. The number of nitrogen functional groups attached to an aromatic ring is 1. The number of nitrogens with two attached hydrogens (primary N) is 1. The molecule has 0 fully saturated rings. The summed E-state index contributed by atoms with van der Waals surface area (Å²) in [5.74, 6) is 1.28. The van der Waals surface area contributed by atoms with Gasteiger partial charge in [0.2, 0.25) is 0 Å². The van der Waals surface area contributed by atoms with Crippen molar-refractivity contribution in [3.05, 3.63) is 42.0 Å². The maximum atomic E-state index is 13.0. The molecule has 0 bridgehead atoms. The monoisotopic (exact) mass is 523 g/mol. The molecule has 0 saturated carbocycles. The number of carbonyl (C=O) groups is 2. The molecule has 0 spiro atoms. The fourth-order valence-corrected chi connectivity index (χ4v) is 4.29. The zero-order chi connectivity index (χ0) is 27.4. The first-order valence-corrected chi connectivity index (χ1v) is 12.6. The number of ether oxygens (including phenoxy) is 2. The van der Waals surface area contributed by atoms with Crippen LogP contribution in [0.2, 0.25) is 0 Å². The molecule has 0 aliphatic rings. The van der Waals surface area contributed by atoms with E-state index in [1.807, 2.05) is 45.9 Å². The van der Waals surface area contributed by atoms with Crippen LogP contribution in [0.15, 0.2) is 30.5 Å². The number of amides is 2. The number of nitrogens with zero attached hydrogens (tertiary/aromatic N) is 4. The fourth-order valence-electron chi connectivity index (χ4n) is 4.29. The quantitative estimate of drug-likeness (QED) is 0.194. The van der Waals surface area contributed by atoms with E-state index in [9.17, 15) is 9.59 Å². The Morgan fingerprint density at radius 1 is 1.16 bits per heavy atom. The lowest BCUT2D eigenvalue weighted by Crippen LogP contribution is -2.40. The second-order valence-corrected chi connectivity index (χ2v) is 9.68. The van der Waals surface area contributed by atoms with E-state index >= 15 is 0 Å². The van der Waals surface area contributed by atoms with E-state index < -0.39 is 17.6 Å². The number of imidazole rings is 1. The summed E-state index contributed by atoms with van der Waals surface area (Å²) in [7, 11) is 0. The van der Waals surface area contributed by atoms with E-state index in [1.165, 1.54) is 0 Å². The van der Waals surface area contributed by atoms with Crippen molar-refractivity contribution in [1.29, 1.82) is 0 Å². The van der Waals surface area contributed by atoms with Gasteiger partial charge in [-0.05, 0) is 52.8 Å². The SMILES string of the molecule is CCn1c(CNC(=O)c2nc3cc[nH]c3nc2N)[n+](CC)c2ccc(OCCNC(=O)OC(C)(C)C)cc21. The van der Waals surface area contributed by atoms with Crippen LogP contribution in [0.3, 0.4) is 0 Å². The van der Waals surface area contributed by atoms with Gasteiger partial charge < -0.3 is 30.8 Å². The van der Waals surface area contributed by atoms with Crippen molar-refractivity contribution in [2.45, 2.75) is 59.9 Å². The number of aryl methyl sites for hydroxylation is 2. The molecular weight excluding hydrogens is 488 g/mol. The van der Waals surface area contributed by atoms with Crippen molar-refractivity contribution in [1.82, 2.24) is 30.2 Å². The van der Waals surface area contributed by atoms with Crippen LogP contribution in [0.4, 0.5) is 10.6 Å². The number of H-pyrrole nitrogens is 1. The van der Waals surface area contributed by atoms with Gasteiger partial charge in [-0.15, -0.1) is 0 Å². The number of anilines is 1. The highest BCUT2D eigenvalue weighted by molar-refractivity contribution is 5.98. The number of aromatic nitrogens is 5. The highest BCUT2D eigenvalue weighted by Crippen LogP contribution is 2.22. The molecule has 0 saturated heterocycles. The molecule has 0 aliphatic carbocycles. The Kier molecular flexibility index (Phi) is 7.70. The third kappa shape index (κ3) is 5.79. The maximum absolute atomic E-state index is 13.0. The van der Waals surface area contributed by atoms with E-state index in [4.69, 9.17) is 15.2 Å². The topological polar surface area (TPSA) is 153 Å². The van der Waals surface area contributed by atoms with Crippen LogP contribution in [0.5, 0.6) is 5.75 Å². The van der Waals surface area contributed by atoms with Crippen LogP contribution in [-0.2, 0) is 24.4 Å². The summed E-state index contributed by atoms with van der Waals surface area (Å²) < 4.78 is 15.4. The molecule has 5 N–H and O–H groups in total. The van der Waals surface area contributed by atoms with Crippen molar-refractivity contribution >= 4 is 40.0 Å². The average molecular weight is 524 g/mol. The summed E-state index contributed by atoms with van der Waals surface area (Å²) in [4.78, 5) is 36.3. The molecule has 12 heteroatoms. The van der Waals surface area contributed by atoms with Gasteiger partial charge in [0.25, 0.3) is 11.7 Å². The van der Waals surface area contributed by atoms with Crippen LogP contribution in [0.1, 0.15) is 50.9 Å². The van der Waals surface area contributed by atoms with Crippen LogP contribution >= 0.6 is 0 Å². The minimum absolute atomic E-state index is 0.0693. The molecule has 0 unspecified atom stereocenters. The Morgan fingerprint density at radius 2 is 1.95 bits per heavy atom. The summed E-state index contributed by atoms with van der Waals surface area (Å²) >= 11 is 0. The maximum Gasteiger partial charge on any atom is 0.407 e. The Bertz CT molecular complexity index is 1470. The van der Waals surface area contributed by atoms with Crippen LogP contribution in [0.25, 0.3) is 22.2 Å². The van der Waals surface area contributed by atoms with Gasteiger partial charge in [-0.1, -0.05) is 0 Å². The standard InChI is InChI=1S/C26H34N8O4/c1-6-33-18-9-8-16(37-13-12-29-25(36)38-26(3,4)5)14-19(18)34(7-2)20(33)15-30-24(35)21-22(27)32-23-17(31-21)10-11-28-23/h8-11,14H,6-7,12-13,15H2,1-5H3,(H4-,27,28,29,30,31,32,35,36)/p+1. The van der Waals surface area contributed by atoms with Gasteiger partial charge in [0.05, 0.1) is 19.6 Å². The van der Waals surface area contributed by atoms with Crippen molar-refractivity contribution in [2.24, 2.45) is 0 Å². The molecule has 2 amide bonds. The number of fused-ring (bicyclic) bond motifs is 2. The van der Waals surface area contributed by atoms with Gasteiger partial charge in [-0.2, -0.15) is 0 Å². The number of nitrogens with one attached hydrogen (secondary N) is 3. The van der Waals surface area contributed by atoms with Crippen LogP contribution in [0, 0.1) is 0 Å². The number of rotatable bonds is 9. The molecule has 3 aromatic heterocycles. The van der Waals surface area contributed by atoms with Crippen molar-refractivity contribution < 1.29 is 23.6 Å². The molecule has 0 atom stereocenters. The lowest BCUT2D eigenvalue weighted by molar-refractivity contribution is -0.676. The van der Waals surface area contributed by atoms with Crippen molar-refractivity contribution in [3.8, 4) is 5.75 Å². The summed E-state index contributed by atoms with van der Waals surface area (Å²) in [5.41, 5.74) is 8.63. The van der Waals surface area contributed by atoms with Gasteiger partial charge in [0, 0.05) is 12.3 Å². The first-order chi connectivity index (χ1) is 18.1. The van der Waals surface area contributed by atoms with Gasteiger partial charge in [-0.3, -0.25) is 4.79 Å². The minimum Gasteiger partial charge on any atom is -0.492 e. The summed E-state index contributed by atoms with van der Waals surface area (Å²) in [5, 5.41) is 5.64. The summed E-state index contributed by atoms with van der Waals surface area (Å²) in [6.07, 6.45) is 1.22. The van der Waals surface area contributed by atoms with Crippen molar-refractivity contribution in [2.75, 3.05) is 18.9 Å². The Balaban J connectivity index is 1.48. The molecule has 12 nitrogen and oxygen atoms in total. The molecule has 0 aliphatic heterocycles. The zero-order valence-corrected chi connectivity index (χ0v) is 22.4. The second-order valence-electron chi connectivity index (χ2n) is 9.68. The van der Waals surface area contributed by atoms with Crippen molar-refractivity contribution in [3.63, 3.8) is 0 Å². The molecule has 4 rings (SSSR count). The molecule has 3 heterocycles. The number of alkyl carbamates (subject to hydrolysis) is 1. The van der Waals surface area contributed by atoms with E-state index in [0.717, 1.165) is 16.9 Å². The smallest absolute Gasteiger partial charge is 0.407 e. The number of carbonyl (C=O) groups excluding carboxylic acids is 2. The third-order valence-electron chi connectivity index (χ3n) is 5.86. The highest BCUT2D eigenvalue weighted by Gasteiger charge is 2.25. The molecule has 38 heavy (non-hydrogen) atoms. The van der Waals surface area contributed by atoms with E-state index in [1.54, 1.807) is 12.3 Å². The zero-order valence-electron chi connectivity index (χ0n) is 22.4. The lowest BCUT2D eigenvalue weighted by atomic mass is 10.2. The molecule has 202 valence electrons. The number of hydrogen-bond acceptors (Lipinski definition) is 7. The van der Waals surface area contributed by atoms with E-state index in [-0.39, 0.29) is 18.1 Å². The summed E-state index contributed by atoms with van der Waals surface area (Å²) in [6, 6.07) is 7.60. The van der Waals surface area contributed by atoms with Gasteiger partial charge in [-0.25, -0.2) is 23.9 Å². The average Bonchev–Trinajstić information content (AvgIpc) is 3.43. The minimum atomic E-state index is -0.552. The van der Waals surface area contributed by atoms with Gasteiger partial charge in [0.1, 0.15) is 30.0 Å². The Hall–Kier alpha value is -4.35. The number of benzene rings is 1. The Morgan fingerprint density at radius 3 is 2.66 bits per heavy atom.